The summed E-state index contributed by atoms with van der Waals surface area (Å²) in [4.78, 5) is 38.2. The minimum absolute atomic E-state index is 0.0286. The van der Waals surface area contributed by atoms with Crippen molar-refractivity contribution in [3.8, 4) is 0 Å². The Morgan fingerprint density at radius 2 is 1.89 bits per heavy atom. The van der Waals surface area contributed by atoms with Gasteiger partial charge in [0.25, 0.3) is 0 Å². The van der Waals surface area contributed by atoms with Gasteiger partial charge in [-0.15, -0.1) is 0 Å². The summed E-state index contributed by atoms with van der Waals surface area (Å²) >= 11 is 0. The number of anilines is 1. The molecule has 3 amide bonds. The number of rotatable bonds is 7. The standard InChI is InChI=1S/C21H29N3O4/c1-6-7-8-17(25)22-16-11-9-15(10-12-16)19-18(20(26)28-13(2)3)14(4)24(5)21(27)23-19/h9-13,19H,6-8H2,1-5H3,(H,22,25)(H,23,27)/t19-/m0/s1. The predicted octanol–water partition coefficient (Wildman–Crippen LogP) is 3.74. The Balaban J connectivity index is 2.26. The Labute approximate surface area is 166 Å². The number of benzene rings is 1. The van der Waals surface area contributed by atoms with Crippen LogP contribution in [0.4, 0.5) is 10.5 Å². The fourth-order valence-corrected chi connectivity index (χ4v) is 2.95. The van der Waals surface area contributed by atoms with Crippen molar-refractivity contribution in [3.63, 3.8) is 0 Å². The van der Waals surface area contributed by atoms with Gasteiger partial charge in [0, 0.05) is 24.9 Å². The van der Waals surface area contributed by atoms with Gasteiger partial charge < -0.3 is 20.3 Å². The number of ether oxygens (including phenoxy) is 1. The molecule has 1 aromatic carbocycles. The summed E-state index contributed by atoms with van der Waals surface area (Å²) in [7, 11) is 1.61. The molecule has 1 heterocycles. The van der Waals surface area contributed by atoms with Crippen molar-refractivity contribution >= 4 is 23.6 Å². The molecule has 0 fully saturated rings. The van der Waals surface area contributed by atoms with E-state index in [0.717, 1.165) is 18.4 Å². The van der Waals surface area contributed by atoms with Gasteiger partial charge >= 0.3 is 12.0 Å². The van der Waals surface area contributed by atoms with Crippen LogP contribution in [0.2, 0.25) is 0 Å². The van der Waals surface area contributed by atoms with E-state index in [4.69, 9.17) is 4.74 Å². The average Bonchev–Trinajstić information content (AvgIpc) is 2.64. The van der Waals surface area contributed by atoms with Gasteiger partial charge in [-0.1, -0.05) is 25.5 Å². The second-order valence-electron chi connectivity index (χ2n) is 7.17. The first-order valence-electron chi connectivity index (χ1n) is 9.60. The molecule has 152 valence electrons. The SMILES string of the molecule is CCCCC(=O)Nc1ccc([C@@H]2NC(=O)N(C)C(C)=C2C(=O)OC(C)C)cc1. The number of urea groups is 1. The summed E-state index contributed by atoms with van der Waals surface area (Å²) in [5.41, 5.74) is 2.37. The van der Waals surface area contributed by atoms with E-state index in [1.807, 2.05) is 6.92 Å². The van der Waals surface area contributed by atoms with E-state index in [9.17, 15) is 14.4 Å². The van der Waals surface area contributed by atoms with E-state index < -0.39 is 12.0 Å². The monoisotopic (exact) mass is 387 g/mol. The van der Waals surface area contributed by atoms with E-state index in [1.165, 1.54) is 4.90 Å². The van der Waals surface area contributed by atoms with Crippen LogP contribution in [0, 0.1) is 0 Å². The van der Waals surface area contributed by atoms with Crippen molar-refractivity contribution in [2.75, 3.05) is 12.4 Å². The zero-order valence-electron chi connectivity index (χ0n) is 17.2. The number of unbranched alkanes of at least 4 members (excludes halogenated alkanes) is 1. The zero-order valence-corrected chi connectivity index (χ0v) is 17.2. The van der Waals surface area contributed by atoms with E-state index in [1.54, 1.807) is 52.1 Å². The fourth-order valence-electron chi connectivity index (χ4n) is 2.95. The number of carbonyl (C=O) groups excluding carboxylic acids is 3. The molecule has 1 atom stereocenters. The Kier molecular flexibility index (Phi) is 7.20. The Morgan fingerprint density at radius 3 is 2.46 bits per heavy atom. The van der Waals surface area contributed by atoms with Crippen molar-refractivity contribution in [3.05, 3.63) is 41.1 Å². The number of carbonyl (C=O) groups is 3. The van der Waals surface area contributed by atoms with Crippen LogP contribution in [-0.2, 0) is 14.3 Å². The normalized spacial score (nSPS) is 16.9. The molecule has 0 bridgehead atoms. The van der Waals surface area contributed by atoms with Crippen LogP contribution in [0.25, 0.3) is 0 Å². The summed E-state index contributed by atoms with van der Waals surface area (Å²) in [6.07, 6.45) is 2.02. The smallest absolute Gasteiger partial charge is 0.338 e. The highest BCUT2D eigenvalue weighted by Crippen LogP contribution is 2.31. The first-order valence-corrected chi connectivity index (χ1v) is 9.60. The molecule has 0 radical (unpaired) electrons. The third kappa shape index (κ3) is 5.12. The van der Waals surface area contributed by atoms with E-state index >= 15 is 0 Å². The molecule has 0 unspecified atom stereocenters. The summed E-state index contributed by atoms with van der Waals surface area (Å²) < 4.78 is 5.38. The molecule has 2 rings (SSSR count). The third-order valence-corrected chi connectivity index (χ3v) is 4.60. The van der Waals surface area contributed by atoms with Gasteiger partial charge in [0.2, 0.25) is 5.91 Å². The average molecular weight is 387 g/mol. The van der Waals surface area contributed by atoms with Crippen molar-refractivity contribution in [1.82, 2.24) is 10.2 Å². The molecule has 1 aromatic rings. The fraction of sp³-hybridized carbons (Fsp3) is 0.476. The number of nitrogens with one attached hydrogen (secondary N) is 2. The molecule has 0 aromatic heterocycles. The molecule has 7 heteroatoms. The lowest BCUT2D eigenvalue weighted by atomic mass is 9.95. The zero-order chi connectivity index (χ0) is 20.8. The molecule has 0 aliphatic carbocycles. The Bertz CT molecular complexity index is 768. The number of hydrogen-bond donors (Lipinski definition) is 2. The number of allylic oxidation sites excluding steroid dienone is 1. The Hall–Kier alpha value is -2.83. The molecule has 7 nitrogen and oxygen atoms in total. The predicted molar refractivity (Wildman–Crippen MR) is 108 cm³/mol. The minimum Gasteiger partial charge on any atom is -0.459 e. The van der Waals surface area contributed by atoms with Crippen LogP contribution in [-0.4, -0.2) is 36.0 Å². The largest absolute Gasteiger partial charge is 0.459 e. The maximum absolute atomic E-state index is 12.7. The van der Waals surface area contributed by atoms with Gasteiger partial charge in [-0.2, -0.15) is 0 Å². The van der Waals surface area contributed by atoms with Crippen LogP contribution in [0.3, 0.4) is 0 Å². The van der Waals surface area contributed by atoms with Crippen LogP contribution in [0.5, 0.6) is 0 Å². The molecule has 0 saturated heterocycles. The van der Waals surface area contributed by atoms with Crippen molar-refractivity contribution in [2.24, 2.45) is 0 Å². The number of nitrogens with zero attached hydrogens (tertiary/aromatic N) is 1. The lowest BCUT2D eigenvalue weighted by molar-refractivity contribution is -0.143. The maximum atomic E-state index is 12.7. The van der Waals surface area contributed by atoms with E-state index in [0.29, 0.717) is 23.4 Å². The molecule has 2 N–H and O–H groups in total. The molecule has 0 spiro atoms. The highest BCUT2D eigenvalue weighted by atomic mass is 16.5. The molecular weight excluding hydrogens is 358 g/mol. The van der Waals surface area contributed by atoms with Crippen LogP contribution < -0.4 is 10.6 Å². The summed E-state index contributed by atoms with van der Waals surface area (Å²) in [6, 6.07) is 6.22. The van der Waals surface area contributed by atoms with Gasteiger partial charge in [-0.05, 0) is 44.9 Å². The first kappa shape index (κ1) is 21.5. The maximum Gasteiger partial charge on any atom is 0.338 e. The number of esters is 1. The van der Waals surface area contributed by atoms with Gasteiger partial charge in [0.1, 0.15) is 0 Å². The molecular formula is C21H29N3O4. The van der Waals surface area contributed by atoms with Crippen molar-refractivity contribution < 1.29 is 19.1 Å². The van der Waals surface area contributed by atoms with Gasteiger partial charge in [-0.25, -0.2) is 9.59 Å². The van der Waals surface area contributed by atoms with E-state index in [2.05, 4.69) is 10.6 Å². The molecule has 1 aliphatic heterocycles. The number of amides is 3. The van der Waals surface area contributed by atoms with Crippen molar-refractivity contribution in [1.29, 1.82) is 0 Å². The van der Waals surface area contributed by atoms with Crippen LogP contribution in [0.1, 0.15) is 58.6 Å². The second-order valence-corrected chi connectivity index (χ2v) is 7.17. The second kappa shape index (κ2) is 9.39. The van der Waals surface area contributed by atoms with Gasteiger partial charge in [0.15, 0.2) is 0 Å². The highest BCUT2D eigenvalue weighted by Gasteiger charge is 2.35. The molecule has 28 heavy (non-hydrogen) atoms. The lowest BCUT2D eigenvalue weighted by Crippen LogP contribution is -2.46. The third-order valence-electron chi connectivity index (χ3n) is 4.60. The summed E-state index contributed by atoms with van der Waals surface area (Å²) in [5, 5.41) is 5.70. The Morgan fingerprint density at radius 1 is 1.25 bits per heavy atom. The molecule has 0 saturated carbocycles. The van der Waals surface area contributed by atoms with E-state index in [-0.39, 0.29) is 18.0 Å². The van der Waals surface area contributed by atoms with Crippen LogP contribution in [0.15, 0.2) is 35.5 Å². The molecule has 1 aliphatic rings. The van der Waals surface area contributed by atoms with Gasteiger partial charge in [-0.3, -0.25) is 4.79 Å². The quantitative estimate of drug-likeness (QED) is 0.698. The topological polar surface area (TPSA) is 87.7 Å². The van der Waals surface area contributed by atoms with Crippen LogP contribution >= 0.6 is 0 Å². The summed E-state index contributed by atoms with van der Waals surface area (Å²) in [6.45, 7) is 7.33. The number of hydrogen-bond acceptors (Lipinski definition) is 4. The highest BCUT2D eigenvalue weighted by molar-refractivity contribution is 5.95. The van der Waals surface area contributed by atoms with Crippen molar-refractivity contribution in [2.45, 2.75) is 59.1 Å². The first-order chi connectivity index (χ1) is 13.2. The van der Waals surface area contributed by atoms with Gasteiger partial charge in [0.05, 0.1) is 17.7 Å². The summed E-state index contributed by atoms with van der Waals surface area (Å²) in [5.74, 6) is -0.486. The lowest BCUT2D eigenvalue weighted by Gasteiger charge is -2.33. The minimum atomic E-state index is -0.611.